The Kier molecular flexibility index (Phi) is 3.87. The van der Waals surface area contributed by atoms with Gasteiger partial charge in [0.15, 0.2) is 0 Å². The minimum absolute atomic E-state index is 0.0486. The maximum Gasteiger partial charge on any atom is 0.270 e. The quantitative estimate of drug-likeness (QED) is 0.898. The van der Waals surface area contributed by atoms with Crippen LogP contribution in [-0.4, -0.2) is 38.6 Å². The second-order valence-corrected chi connectivity index (χ2v) is 7.23. The first-order valence-electron chi connectivity index (χ1n) is 8.57. The van der Waals surface area contributed by atoms with Crippen molar-refractivity contribution >= 4 is 5.91 Å². The van der Waals surface area contributed by atoms with Gasteiger partial charge in [0.1, 0.15) is 17.3 Å². The van der Waals surface area contributed by atoms with E-state index in [1.807, 2.05) is 4.90 Å². The molecule has 2 N–H and O–H groups in total. The fourth-order valence-electron chi connectivity index (χ4n) is 4.42. The summed E-state index contributed by atoms with van der Waals surface area (Å²) >= 11 is 0. The summed E-state index contributed by atoms with van der Waals surface area (Å²) in [5.74, 6) is -1.31. The summed E-state index contributed by atoms with van der Waals surface area (Å²) in [6.45, 7) is 0. The molecule has 2 aromatic rings. The lowest BCUT2D eigenvalue weighted by molar-refractivity contribution is -0.0433. The van der Waals surface area contributed by atoms with Crippen LogP contribution in [-0.2, 0) is 6.42 Å². The van der Waals surface area contributed by atoms with Crippen molar-refractivity contribution in [2.45, 2.75) is 49.8 Å². The second kappa shape index (κ2) is 5.95. The summed E-state index contributed by atoms with van der Waals surface area (Å²) in [4.78, 5) is 17.5. The molecule has 0 spiro atoms. The van der Waals surface area contributed by atoms with E-state index < -0.39 is 17.2 Å². The van der Waals surface area contributed by atoms with E-state index in [1.54, 1.807) is 18.3 Å². The summed E-state index contributed by atoms with van der Waals surface area (Å²) in [5, 5.41) is 11.0. The van der Waals surface area contributed by atoms with Gasteiger partial charge in [0.25, 0.3) is 5.91 Å². The largest absolute Gasteiger partial charge is 0.389 e. The number of amides is 1. The number of hydrogen-bond donors (Lipinski definition) is 2. The third-order valence-corrected chi connectivity index (χ3v) is 5.45. The van der Waals surface area contributed by atoms with Gasteiger partial charge in [-0.2, -0.15) is 0 Å². The van der Waals surface area contributed by atoms with Gasteiger partial charge in [-0.15, -0.1) is 0 Å². The standard InChI is InChI=1S/C19H20F2N2O2/c20-13-4-3-12(16(21)8-13)9-19(25)10-14-5-6-15(11-19)23(14)18(24)17-2-1-7-22-17/h1-4,7-8,14-15,22,25H,5-6,9-11H2. The molecular weight excluding hydrogens is 326 g/mol. The molecule has 3 heterocycles. The molecule has 1 amide bonds. The molecule has 6 heteroatoms. The Morgan fingerprint density at radius 3 is 2.56 bits per heavy atom. The number of nitrogens with zero attached hydrogens (tertiary/aromatic N) is 1. The molecular formula is C19H20F2N2O2. The highest BCUT2D eigenvalue weighted by Crippen LogP contribution is 2.43. The van der Waals surface area contributed by atoms with Gasteiger partial charge in [-0.25, -0.2) is 8.78 Å². The van der Waals surface area contributed by atoms with Crippen molar-refractivity contribution < 1.29 is 18.7 Å². The van der Waals surface area contributed by atoms with Gasteiger partial charge >= 0.3 is 0 Å². The molecule has 2 atom stereocenters. The Hall–Kier alpha value is -2.21. The molecule has 2 unspecified atom stereocenters. The van der Waals surface area contributed by atoms with Gasteiger partial charge < -0.3 is 15.0 Å². The first-order valence-corrected chi connectivity index (χ1v) is 8.57. The number of halogens is 2. The van der Waals surface area contributed by atoms with Crippen molar-refractivity contribution in [3.8, 4) is 0 Å². The van der Waals surface area contributed by atoms with Crippen LogP contribution in [0.2, 0.25) is 0 Å². The van der Waals surface area contributed by atoms with E-state index >= 15 is 0 Å². The number of benzene rings is 1. The van der Waals surface area contributed by atoms with E-state index in [0.29, 0.717) is 24.1 Å². The molecule has 0 aliphatic carbocycles. The molecule has 2 aliphatic heterocycles. The summed E-state index contributed by atoms with van der Waals surface area (Å²) in [6.07, 6.45) is 4.35. The van der Waals surface area contributed by atoms with Crippen molar-refractivity contribution in [1.29, 1.82) is 0 Å². The molecule has 0 saturated carbocycles. The fraction of sp³-hybridized carbons (Fsp3) is 0.421. The number of aromatic amines is 1. The van der Waals surface area contributed by atoms with Crippen LogP contribution in [0.1, 0.15) is 41.7 Å². The van der Waals surface area contributed by atoms with Crippen molar-refractivity contribution in [2.24, 2.45) is 0 Å². The molecule has 2 fully saturated rings. The van der Waals surface area contributed by atoms with Crippen LogP contribution >= 0.6 is 0 Å². The van der Waals surface area contributed by atoms with Gasteiger partial charge in [-0.05, 0) is 49.4 Å². The molecule has 4 rings (SSSR count). The first-order chi connectivity index (χ1) is 12.0. The Morgan fingerprint density at radius 1 is 1.24 bits per heavy atom. The number of hydrogen-bond acceptors (Lipinski definition) is 2. The van der Waals surface area contributed by atoms with E-state index in [9.17, 15) is 18.7 Å². The lowest BCUT2D eigenvalue weighted by atomic mass is 9.81. The predicted molar refractivity (Wildman–Crippen MR) is 88.0 cm³/mol. The van der Waals surface area contributed by atoms with E-state index in [0.717, 1.165) is 18.9 Å². The molecule has 1 aromatic carbocycles. The van der Waals surface area contributed by atoms with Crippen LogP contribution in [0.25, 0.3) is 0 Å². The minimum atomic E-state index is -1.07. The van der Waals surface area contributed by atoms with Crippen LogP contribution in [0.5, 0.6) is 0 Å². The van der Waals surface area contributed by atoms with Crippen molar-refractivity contribution in [1.82, 2.24) is 9.88 Å². The number of aromatic nitrogens is 1. The summed E-state index contributed by atoms with van der Waals surface area (Å²) in [6, 6.07) is 6.87. The van der Waals surface area contributed by atoms with Gasteiger partial charge in [-0.3, -0.25) is 4.79 Å². The highest BCUT2D eigenvalue weighted by Gasteiger charge is 2.49. The van der Waals surface area contributed by atoms with E-state index in [1.165, 1.54) is 12.1 Å². The molecule has 0 radical (unpaired) electrons. The van der Waals surface area contributed by atoms with Gasteiger partial charge in [0, 0.05) is 30.8 Å². The number of nitrogens with one attached hydrogen (secondary N) is 1. The van der Waals surface area contributed by atoms with Crippen LogP contribution in [0.15, 0.2) is 36.5 Å². The Balaban J connectivity index is 1.53. The average molecular weight is 346 g/mol. The van der Waals surface area contributed by atoms with E-state index in [2.05, 4.69) is 4.98 Å². The maximum absolute atomic E-state index is 14.0. The number of carbonyl (C=O) groups is 1. The average Bonchev–Trinajstić information content (AvgIpc) is 3.17. The van der Waals surface area contributed by atoms with Gasteiger partial charge in [0.2, 0.25) is 0 Å². The molecule has 132 valence electrons. The third-order valence-electron chi connectivity index (χ3n) is 5.45. The molecule has 25 heavy (non-hydrogen) atoms. The maximum atomic E-state index is 14.0. The number of rotatable bonds is 3. The normalized spacial score (nSPS) is 28.4. The Bertz CT molecular complexity index is 777. The van der Waals surface area contributed by atoms with E-state index in [-0.39, 0.29) is 24.4 Å². The summed E-state index contributed by atoms with van der Waals surface area (Å²) in [5.41, 5.74) is -0.212. The topological polar surface area (TPSA) is 56.3 Å². The lowest BCUT2D eigenvalue weighted by Gasteiger charge is -2.44. The van der Waals surface area contributed by atoms with E-state index in [4.69, 9.17) is 0 Å². The SMILES string of the molecule is O=C(c1ccc[nH]1)N1C2CCC1CC(O)(Cc1ccc(F)cc1F)C2. The molecule has 1 aromatic heterocycles. The molecule has 4 nitrogen and oxygen atoms in total. The molecule has 2 aliphatic rings. The first kappa shape index (κ1) is 16.3. The van der Waals surface area contributed by atoms with Crippen molar-refractivity contribution in [3.05, 3.63) is 59.4 Å². The lowest BCUT2D eigenvalue weighted by Crippen LogP contribution is -2.54. The predicted octanol–water partition coefficient (Wildman–Crippen LogP) is 3.03. The second-order valence-electron chi connectivity index (χ2n) is 7.23. The van der Waals surface area contributed by atoms with Gasteiger partial charge in [-0.1, -0.05) is 6.07 Å². The zero-order valence-corrected chi connectivity index (χ0v) is 13.7. The van der Waals surface area contributed by atoms with Crippen LogP contribution in [0, 0.1) is 11.6 Å². The minimum Gasteiger partial charge on any atom is -0.389 e. The number of carbonyl (C=O) groups excluding carboxylic acids is 1. The van der Waals surface area contributed by atoms with Crippen molar-refractivity contribution in [2.75, 3.05) is 0 Å². The number of fused-ring (bicyclic) bond motifs is 2. The van der Waals surface area contributed by atoms with Crippen molar-refractivity contribution in [3.63, 3.8) is 0 Å². The zero-order valence-electron chi connectivity index (χ0n) is 13.7. The molecule has 2 saturated heterocycles. The summed E-state index contributed by atoms with van der Waals surface area (Å²) in [7, 11) is 0. The molecule has 2 bridgehead atoms. The fourth-order valence-corrected chi connectivity index (χ4v) is 4.42. The van der Waals surface area contributed by atoms with Gasteiger partial charge in [0.05, 0.1) is 5.60 Å². The van der Waals surface area contributed by atoms with Crippen LogP contribution in [0.3, 0.4) is 0 Å². The highest BCUT2D eigenvalue weighted by molar-refractivity contribution is 5.93. The Labute approximate surface area is 144 Å². The Morgan fingerprint density at radius 2 is 1.96 bits per heavy atom. The smallest absolute Gasteiger partial charge is 0.270 e. The number of piperidine rings is 1. The third kappa shape index (κ3) is 2.95. The number of H-pyrrole nitrogens is 1. The number of aliphatic hydroxyl groups is 1. The zero-order chi connectivity index (χ0) is 17.6. The highest BCUT2D eigenvalue weighted by atomic mass is 19.1. The monoisotopic (exact) mass is 346 g/mol. The van der Waals surface area contributed by atoms with Crippen LogP contribution in [0.4, 0.5) is 8.78 Å². The summed E-state index contributed by atoms with van der Waals surface area (Å²) < 4.78 is 27.0. The van der Waals surface area contributed by atoms with Crippen LogP contribution < -0.4 is 0 Å².